The molecule has 0 aromatic heterocycles. The Morgan fingerprint density at radius 3 is 2.37 bits per heavy atom. The van der Waals surface area contributed by atoms with Gasteiger partial charge in [-0.1, -0.05) is 59.1 Å². The van der Waals surface area contributed by atoms with E-state index in [1.54, 1.807) is 54.6 Å². The van der Waals surface area contributed by atoms with Gasteiger partial charge in [0.05, 0.1) is 11.6 Å². The minimum atomic E-state index is -0.552. The standard InChI is InChI=1S/C32H25BrCl2N2O4/c1-20-3-5-21(6-4-20)18-41-31-28(33)14-22(15-30(31)39-2)13-24(17-36)32(38)37-26-9-11-27(12-10-26)40-19-23-7-8-25(34)16-29(23)35/h3-16H,18-19H2,1-2H3,(H,37,38)/b24-13+. The van der Waals surface area contributed by atoms with Gasteiger partial charge in [0.15, 0.2) is 11.5 Å². The van der Waals surface area contributed by atoms with Crippen LogP contribution in [0, 0.1) is 18.3 Å². The molecule has 0 saturated heterocycles. The quantitative estimate of drug-likeness (QED) is 0.137. The molecule has 4 rings (SSSR count). The van der Waals surface area contributed by atoms with Gasteiger partial charge < -0.3 is 19.5 Å². The van der Waals surface area contributed by atoms with Crippen LogP contribution in [-0.2, 0) is 18.0 Å². The van der Waals surface area contributed by atoms with Gasteiger partial charge in [-0.05, 0) is 88.6 Å². The molecule has 0 fully saturated rings. The van der Waals surface area contributed by atoms with Crippen LogP contribution in [0.5, 0.6) is 17.2 Å². The molecule has 6 nitrogen and oxygen atoms in total. The fraction of sp³-hybridized carbons (Fsp3) is 0.125. The average molecular weight is 652 g/mol. The number of hydrogen-bond donors (Lipinski definition) is 1. The molecule has 1 N–H and O–H groups in total. The fourth-order valence-electron chi connectivity index (χ4n) is 3.75. The molecule has 0 aliphatic rings. The lowest BCUT2D eigenvalue weighted by Gasteiger charge is -2.14. The third-order valence-electron chi connectivity index (χ3n) is 5.95. The molecule has 0 atom stereocenters. The Hall–Kier alpha value is -3.96. The molecular weight excluding hydrogens is 627 g/mol. The summed E-state index contributed by atoms with van der Waals surface area (Å²) in [6, 6.07) is 25.5. The number of benzene rings is 4. The lowest BCUT2D eigenvalue weighted by atomic mass is 10.1. The molecule has 41 heavy (non-hydrogen) atoms. The van der Waals surface area contributed by atoms with Gasteiger partial charge in [-0.15, -0.1) is 0 Å². The van der Waals surface area contributed by atoms with E-state index in [1.165, 1.54) is 18.7 Å². The number of ether oxygens (including phenoxy) is 3. The van der Waals surface area contributed by atoms with E-state index in [0.29, 0.717) is 49.6 Å². The summed E-state index contributed by atoms with van der Waals surface area (Å²) in [7, 11) is 1.53. The van der Waals surface area contributed by atoms with Crippen LogP contribution >= 0.6 is 39.1 Å². The van der Waals surface area contributed by atoms with Gasteiger partial charge in [0.2, 0.25) is 0 Å². The highest BCUT2D eigenvalue weighted by atomic mass is 79.9. The van der Waals surface area contributed by atoms with Crippen LogP contribution in [0.1, 0.15) is 22.3 Å². The number of aryl methyl sites for hydroxylation is 1. The first-order chi connectivity index (χ1) is 19.7. The van der Waals surface area contributed by atoms with E-state index in [0.717, 1.165) is 11.1 Å². The predicted molar refractivity (Wildman–Crippen MR) is 166 cm³/mol. The number of hydrogen-bond acceptors (Lipinski definition) is 5. The number of rotatable bonds is 10. The van der Waals surface area contributed by atoms with Crippen LogP contribution in [0.4, 0.5) is 5.69 Å². The summed E-state index contributed by atoms with van der Waals surface area (Å²) < 4.78 is 17.9. The second-order valence-electron chi connectivity index (χ2n) is 8.98. The van der Waals surface area contributed by atoms with Crippen molar-refractivity contribution in [2.24, 2.45) is 0 Å². The van der Waals surface area contributed by atoms with Gasteiger partial charge in [-0.2, -0.15) is 5.26 Å². The Morgan fingerprint density at radius 2 is 1.71 bits per heavy atom. The van der Waals surface area contributed by atoms with Crippen molar-refractivity contribution in [2.75, 3.05) is 12.4 Å². The molecule has 0 radical (unpaired) electrons. The van der Waals surface area contributed by atoms with E-state index >= 15 is 0 Å². The van der Waals surface area contributed by atoms with Crippen molar-refractivity contribution in [3.8, 4) is 23.3 Å². The van der Waals surface area contributed by atoms with Crippen LogP contribution in [0.3, 0.4) is 0 Å². The maximum absolute atomic E-state index is 12.9. The van der Waals surface area contributed by atoms with Crippen LogP contribution in [-0.4, -0.2) is 13.0 Å². The van der Waals surface area contributed by atoms with Crippen LogP contribution in [0.15, 0.2) is 88.9 Å². The molecule has 4 aromatic rings. The number of carbonyl (C=O) groups excluding carboxylic acids is 1. The number of carbonyl (C=O) groups is 1. The Balaban J connectivity index is 1.41. The third kappa shape index (κ3) is 8.27. The summed E-state index contributed by atoms with van der Waals surface area (Å²) in [5.74, 6) is 1.02. The van der Waals surface area contributed by atoms with Crippen LogP contribution in [0.2, 0.25) is 10.0 Å². The topological polar surface area (TPSA) is 80.6 Å². The average Bonchev–Trinajstić information content (AvgIpc) is 2.96. The highest BCUT2D eigenvalue weighted by molar-refractivity contribution is 9.10. The summed E-state index contributed by atoms with van der Waals surface area (Å²) in [5, 5.41) is 13.5. The van der Waals surface area contributed by atoms with Gasteiger partial charge in [-0.3, -0.25) is 4.79 Å². The molecule has 0 heterocycles. The number of nitrogens with zero attached hydrogens (tertiary/aromatic N) is 1. The monoisotopic (exact) mass is 650 g/mol. The van der Waals surface area contributed by atoms with Crippen LogP contribution in [0.25, 0.3) is 6.08 Å². The predicted octanol–water partition coefficient (Wildman–Crippen LogP) is 8.78. The fourth-order valence-corrected chi connectivity index (χ4v) is 4.79. The van der Waals surface area contributed by atoms with Crippen molar-refractivity contribution in [1.82, 2.24) is 0 Å². The van der Waals surface area contributed by atoms with Crippen molar-refractivity contribution in [3.63, 3.8) is 0 Å². The SMILES string of the molecule is COc1cc(/C=C(\C#N)C(=O)Nc2ccc(OCc3ccc(Cl)cc3Cl)cc2)cc(Br)c1OCc1ccc(C)cc1. The number of nitriles is 1. The molecule has 0 saturated carbocycles. The molecule has 0 aliphatic heterocycles. The Morgan fingerprint density at radius 1 is 0.976 bits per heavy atom. The molecule has 1 amide bonds. The highest BCUT2D eigenvalue weighted by Crippen LogP contribution is 2.38. The number of anilines is 1. The third-order valence-corrected chi connectivity index (χ3v) is 7.13. The molecule has 0 unspecified atom stereocenters. The van der Waals surface area contributed by atoms with Crippen LogP contribution < -0.4 is 19.5 Å². The lowest BCUT2D eigenvalue weighted by molar-refractivity contribution is -0.112. The summed E-state index contributed by atoms with van der Waals surface area (Å²) in [5.41, 5.74) is 4.00. The lowest BCUT2D eigenvalue weighted by Crippen LogP contribution is -2.13. The Bertz CT molecular complexity index is 1620. The number of methoxy groups -OCH3 is 1. The summed E-state index contributed by atoms with van der Waals surface area (Å²) in [6.07, 6.45) is 1.49. The van der Waals surface area contributed by atoms with Gasteiger partial charge in [0, 0.05) is 21.3 Å². The number of halogens is 3. The molecule has 208 valence electrons. The zero-order valence-electron chi connectivity index (χ0n) is 22.2. The first-order valence-electron chi connectivity index (χ1n) is 12.4. The summed E-state index contributed by atoms with van der Waals surface area (Å²) in [4.78, 5) is 12.9. The molecule has 9 heteroatoms. The van der Waals surface area contributed by atoms with Crippen molar-refractivity contribution in [3.05, 3.63) is 121 Å². The maximum atomic E-state index is 12.9. The zero-order valence-corrected chi connectivity index (χ0v) is 25.3. The largest absolute Gasteiger partial charge is 0.493 e. The molecular formula is C32H25BrCl2N2O4. The molecule has 4 aromatic carbocycles. The van der Waals surface area contributed by atoms with E-state index in [9.17, 15) is 10.1 Å². The Kier molecular flexibility index (Phi) is 10.3. The van der Waals surface area contributed by atoms with Gasteiger partial charge in [0.1, 0.15) is 30.6 Å². The van der Waals surface area contributed by atoms with E-state index in [4.69, 9.17) is 37.4 Å². The van der Waals surface area contributed by atoms with E-state index < -0.39 is 5.91 Å². The van der Waals surface area contributed by atoms with Gasteiger partial charge in [-0.25, -0.2) is 0 Å². The number of nitrogens with one attached hydrogen (secondary N) is 1. The molecule has 0 spiro atoms. The van der Waals surface area contributed by atoms with Crippen molar-refractivity contribution in [2.45, 2.75) is 20.1 Å². The van der Waals surface area contributed by atoms with E-state index in [2.05, 4.69) is 21.2 Å². The van der Waals surface area contributed by atoms with E-state index in [-0.39, 0.29) is 12.2 Å². The Labute approximate surface area is 257 Å². The van der Waals surface area contributed by atoms with Crippen molar-refractivity contribution < 1.29 is 19.0 Å². The van der Waals surface area contributed by atoms with Crippen molar-refractivity contribution in [1.29, 1.82) is 5.26 Å². The second-order valence-corrected chi connectivity index (χ2v) is 10.7. The minimum absolute atomic E-state index is 0.0787. The summed E-state index contributed by atoms with van der Waals surface area (Å²) in [6.45, 7) is 2.65. The molecule has 0 aliphatic carbocycles. The highest BCUT2D eigenvalue weighted by Gasteiger charge is 2.15. The first-order valence-corrected chi connectivity index (χ1v) is 14.0. The van der Waals surface area contributed by atoms with Gasteiger partial charge >= 0.3 is 0 Å². The van der Waals surface area contributed by atoms with Gasteiger partial charge in [0.25, 0.3) is 5.91 Å². The zero-order chi connectivity index (χ0) is 29.4. The maximum Gasteiger partial charge on any atom is 0.266 e. The van der Waals surface area contributed by atoms with Crippen molar-refractivity contribution >= 4 is 56.8 Å². The smallest absolute Gasteiger partial charge is 0.266 e. The molecule has 0 bridgehead atoms. The number of amides is 1. The minimum Gasteiger partial charge on any atom is -0.493 e. The normalized spacial score (nSPS) is 11.0. The summed E-state index contributed by atoms with van der Waals surface area (Å²) >= 11 is 15.7. The van der Waals surface area contributed by atoms with E-state index in [1.807, 2.05) is 37.3 Å². The second kappa shape index (κ2) is 14.1. The first kappa shape index (κ1) is 30.0.